The summed E-state index contributed by atoms with van der Waals surface area (Å²) < 4.78 is 19.0. The molecule has 176 valence electrons. The highest BCUT2D eigenvalue weighted by Gasteiger charge is 2.15. The molecule has 0 saturated carbocycles. The number of amides is 1. The van der Waals surface area contributed by atoms with Gasteiger partial charge in [-0.25, -0.2) is 4.39 Å². The molecule has 0 saturated heterocycles. The zero-order chi connectivity index (χ0) is 24.7. The third-order valence-electron chi connectivity index (χ3n) is 5.28. The van der Waals surface area contributed by atoms with Gasteiger partial charge in [0.2, 0.25) is 5.91 Å². The van der Waals surface area contributed by atoms with Crippen molar-refractivity contribution >= 4 is 45.5 Å². The SMILES string of the molecule is CCN(CC)C/C=C/C(=O)Nc1cc2c(Nc3ccc(F)c(Cl)c3)c(C#N)cnc2cc1OC. The second-order valence-corrected chi connectivity index (χ2v) is 7.77. The number of aromatic nitrogens is 1. The number of ether oxygens (including phenoxy) is 1. The maximum atomic E-state index is 13.6. The van der Waals surface area contributed by atoms with Crippen molar-refractivity contribution in [1.29, 1.82) is 5.26 Å². The van der Waals surface area contributed by atoms with Gasteiger partial charge in [0.15, 0.2) is 0 Å². The van der Waals surface area contributed by atoms with Crippen molar-refractivity contribution in [2.45, 2.75) is 13.8 Å². The number of methoxy groups -OCH3 is 1. The number of carbonyl (C=O) groups excluding carboxylic acids is 1. The van der Waals surface area contributed by atoms with E-state index in [2.05, 4.69) is 40.4 Å². The van der Waals surface area contributed by atoms with E-state index in [0.29, 0.717) is 40.3 Å². The molecule has 1 heterocycles. The van der Waals surface area contributed by atoms with E-state index in [-0.39, 0.29) is 16.5 Å². The molecule has 7 nitrogen and oxygen atoms in total. The van der Waals surface area contributed by atoms with E-state index in [4.69, 9.17) is 16.3 Å². The van der Waals surface area contributed by atoms with E-state index in [0.717, 1.165) is 13.1 Å². The lowest BCUT2D eigenvalue weighted by molar-refractivity contribution is -0.111. The second-order valence-electron chi connectivity index (χ2n) is 7.36. The zero-order valence-corrected chi connectivity index (χ0v) is 19.9. The molecule has 0 atom stereocenters. The van der Waals surface area contributed by atoms with Crippen LogP contribution in [0.25, 0.3) is 10.9 Å². The molecule has 9 heteroatoms. The quantitative estimate of drug-likeness (QED) is 0.393. The molecule has 2 aromatic carbocycles. The van der Waals surface area contributed by atoms with Gasteiger partial charge in [0.05, 0.1) is 34.6 Å². The highest BCUT2D eigenvalue weighted by atomic mass is 35.5. The number of fused-ring (bicyclic) bond motifs is 1. The molecule has 0 spiro atoms. The average molecular weight is 482 g/mol. The van der Waals surface area contributed by atoms with Gasteiger partial charge in [-0.05, 0) is 37.4 Å². The molecule has 3 rings (SSSR count). The number of likely N-dealkylation sites (N-methyl/N-ethyl adjacent to an activating group) is 1. The lowest BCUT2D eigenvalue weighted by Gasteiger charge is -2.16. The number of hydrogen-bond donors (Lipinski definition) is 2. The molecule has 0 aliphatic heterocycles. The molecule has 0 radical (unpaired) electrons. The summed E-state index contributed by atoms with van der Waals surface area (Å²) in [4.78, 5) is 19.1. The average Bonchev–Trinajstić information content (AvgIpc) is 2.84. The molecule has 0 aliphatic rings. The van der Waals surface area contributed by atoms with E-state index < -0.39 is 5.82 Å². The first-order valence-electron chi connectivity index (χ1n) is 10.7. The fourth-order valence-electron chi connectivity index (χ4n) is 3.39. The molecule has 3 aromatic rings. The monoisotopic (exact) mass is 481 g/mol. The highest BCUT2D eigenvalue weighted by Crippen LogP contribution is 2.36. The first-order valence-corrected chi connectivity index (χ1v) is 11.1. The minimum absolute atomic E-state index is 0.0482. The Morgan fingerprint density at radius 1 is 1.29 bits per heavy atom. The normalized spacial score (nSPS) is 11.1. The number of rotatable bonds is 9. The first-order chi connectivity index (χ1) is 16.4. The summed E-state index contributed by atoms with van der Waals surface area (Å²) in [7, 11) is 1.50. The van der Waals surface area contributed by atoms with Crippen LogP contribution < -0.4 is 15.4 Å². The van der Waals surface area contributed by atoms with Crippen LogP contribution in [0.2, 0.25) is 5.02 Å². The third-order valence-corrected chi connectivity index (χ3v) is 5.57. The Morgan fingerprint density at radius 3 is 2.71 bits per heavy atom. The predicted molar refractivity (Wildman–Crippen MR) is 133 cm³/mol. The molecule has 0 unspecified atom stereocenters. The number of benzene rings is 2. The maximum absolute atomic E-state index is 13.6. The summed E-state index contributed by atoms with van der Waals surface area (Å²) >= 11 is 5.91. The number of nitrogens with one attached hydrogen (secondary N) is 2. The molecule has 0 fully saturated rings. The number of nitrogens with zero attached hydrogens (tertiary/aromatic N) is 3. The van der Waals surface area contributed by atoms with Crippen LogP contribution in [0.1, 0.15) is 19.4 Å². The number of pyridine rings is 1. The number of carbonyl (C=O) groups is 1. The number of hydrogen-bond acceptors (Lipinski definition) is 6. The van der Waals surface area contributed by atoms with Crippen molar-refractivity contribution in [1.82, 2.24) is 9.88 Å². The van der Waals surface area contributed by atoms with E-state index in [9.17, 15) is 14.4 Å². The minimum atomic E-state index is -0.545. The summed E-state index contributed by atoms with van der Waals surface area (Å²) in [6, 6.07) is 9.65. The van der Waals surface area contributed by atoms with Gasteiger partial charge in [0.25, 0.3) is 0 Å². The van der Waals surface area contributed by atoms with Crippen LogP contribution in [0.4, 0.5) is 21.5 Å². The summed E-state index contributed by atoms with van der Waals surface area (Å²) in [6.07, 6.45) is 4.71. The standard InChI is InChI=1S/C25H25ClFN5O2/c1-4-32(5-2)10-6-7-24(33)31-22-12-18-21(13-23(22)34-3)29-15-16(14-28)25(18)30-17-8-9-20(27)19(26)11-17/h6-9,11-13,15H,4-5,10H2,1-3H3,(H,29,30)(H,31,33)/b7-6+. The molecule has 34 heavy (non-hydrogen) atoms. The van der Waals surface area contributed by atoms with Crippen molar-refractivity contribution in [2.75, 3.05) is 37.4 Å². The lowest BCUT2D eigenvalue weighted by atomic mass is 10.1. The number of halogens is 2. The van der Waals surface area contributed by atoms with Crippen molar-refractivity contribution in [3.8, 4) is 11.8 Å². The van der Waals surface area contributed by atoms with Crippen molar-refractivity contribution in [2.24, 2.45) is 0 Å². The summed E-state index contributed by atoms with van der Waals surface area (Å²) in [5, 5.41) is 16.1. The van der Waals surface area contributed by atoms with Crippen LogP contribution in [-0.2, 0) is 4.79 Å². The maximum Gasteiger partial charge on any atom is 0.248 e. The van der Waals surface area contributed by atoms with E-state index in [1.165, 1.54) is 37.6 Å². The van der Waals surface area contributed by atoms with Gasteiger partial charge >= 0.3 is 0 Å². The molecule has 0 aliphatic carbocycles. The third kappa shape index (κ3) is 5.81. The van der Waals surface area contributed by atoms with Crippen LogP contribution in [0, 0.1) is 17.1 Å². The highest BCUT2D eigenvalue weighted by molar-refractivity contribution is 6.31. The van der Waals surface area contributed by atoms with Gasteiger partial charge in [-0.1, -0.05) is 31.5 Å². The summed E-state index contributed by atoms with van der Waals surface area (Å²) in [5.74, 6) is -0.434. The Hall–Kier alpha value is -3.67. The topological polar surface area (TPSA) is 90.3 Å². The minimum Gasteiger partial charge on any atom is -0.494 e. The van der Waals surface area contributed by atoms with Crippen molar-refractivity contribution < 1.29 is 13.9 Å². The predicted octanol–water partition coefficient (Wildman–Crippen LogP) is 5.49. The van der Waals surface area contributed by atoms with Gasteiger partial charge in [0, 0.05) is 36.0 Å². The Morgan fingerprint density at radius 2 is 2.06 bits per heavy atom. The molecule has 2 N–H and O–H groups in total. The second kappa shape index (κ2) is 11.5. The molecule has 0 bridgehead atoms. The van der Waals surface area contributed by atoms with Gasteiger partial charge in [-0.2, -0.15) is 5.26 Å². The van der Waals surface area contributed by atoms with Crippen LogP contribution in [0.5, 0.6) is 5.75 Å². The smallest absolute Gasteiger partial charge is 0.248 e. The molecule has 1 amide bonds. The van der Waals surface area contributed by atoms with Crippen molar-refractivity contribution in [3.63, 3.8) is 0 Å². The van der Waals surface area contributed by atoms with Gasteiger partial charge < -0.3 is 20.3 Å². The fourth-order valence-corrected chi connectivity index (χ4v) is 3.57. The van der Waals surface area contributed by atoms with E-state index in [1.54, 1.807) is 18.2 Å². The fraction of sp³-hybridized carbons (Fsp3) is 0.240. The summed E-state index contributed by atoms with van der Waals surface area (Å²) in [6.45, 7) is 6.58. The zero-order valence-electron chi connectivity index (χ0n) is 19.2. The van der Waals surface area contributed by atoms with E-state index >= 15 is 0 Å². The first kappa shape index (κ1) is 25.0. The summed E-state index contributed by atoms with van der Waals surface area (Å²) in [5.41, 5.74) is 2.18. The van der Waals surface area contributed by atoms with Crippen LogP contribution in [0.3, 0.4) is 0 Å². The number of anilines is 3. The van der Waals surface area contributed by atoms with Gasteiger partial charge in [0.1, 0.15) is 17.6 Å². The van der Waals surface area contributed by atoms with Crippen molar-refractivity contribution in [3.05, 3.63) is 65.1 Å². The lowest BCUT2D eigenvalue weighted by Crippen LogP contribution is -2.23. The van der Waals surface area contributed by atoms with Crippen LogP contribution in [-0.4, -0.2) is 42.5 Å². The molecule has 1 aromatic heterocycles. The Bertz CT molecular complexity index is 1270. The van der Waals surface area contributed by atoms with E-state index in [1.807, 2.05) is 0 Å². The van der Waals surface area contributed by atoms with Gasteiger partial charge in [-0.15, -0.1) is 0 Å². The Labute approximate surface area is 202 Å². The van der Waals surface area contributed by atoms with Crippen LogP contribution in [0.15, 0.2) is 48.7 Å². The molecular weight excluding hydrogens is 457 g/mol. The number of nitriles is 1. The largest absolute Gasteiger partial charge is 0.494 e. The van der Waals surface area contributed by atoms with Gasteiger partial charge in [-0.3, -0.25) is 9.78 Å². The molecular formula is C25H25ClFN5O2. The Kier molecular flexibility index (Phi) is 8.41. The van der Waals surface area contributed by atoms with Crippen LogP contribution >= 0.6 is 11.6 Å². The Balaban J connectivity index is 1.98.